The standard InChI is InChI=1S/C26H20FN3O/c27-22-14-12-21(13-15-22)24-18-28-26(30-25(31)17-20-9-5-2-6-10-20)23(29-24)16-11-19-7-3-1-4-8-19/h1-16,18H,17H2,(H,28,30,31)/b16-11+. The number of carbonyl (C=O) groups excluding carboxylic acids is 1. The summed E-state index contributed by atoms with van der Waals surface area (Å²) in [7, 11) is 0. The monoisotopic (exact) mass is 409 g/mol. The highest BCUT2D eigenvalue weighted by atomic mass is 19.1. The van der Waals surface area contributed by atoms with Gasteiger partial charge < -0.3 is 5.32 Å². The van der Waals surface area contributed by atoms with Crippen LogP contribution >= 0.6 is 0 Å². The number of nitrogens with one attached hydrogen (secondary N) is 1. The maximum Gasteiger partial charge on any atom is 0.230 e. The van der Waals surface area contributed by atoms with Gasteiger partial charge in [0.25, 0.3) is 0 Å². The zero-order valence-corrected chi connectivity index (χ0v) is 16.7. The van der Waals surface area contributed by atoms with Crippen LogP contribution in [0.5, 0.6) is 0 Å². The molecule has 0 aliphatic rings. The molecule has 0 atom stereocenters. The number of halogens is 1. The van der Waals surface area contributed by atoms with Crippen molar-refractivity contribution < 1.29 is 9.18 Å². The second-order valence-electron chi connectivity index (χ2n) is 6.95. The van der Waals surface area contributed by atoms with Crippen molar-refractivity contribution in [2.45, 2.75) is 6.42 Å². The third-order valence-corrected chi connectivity index (χ3v) is 4.64. The Morgan fingerprint density at radius 1 is 0.871 bits per heavy atom. The Kier molecular flexibility index (Phi) is 6.24. The topological polar surface area (TPSA) is 54.9 Å². The Morgan fingerprint density at radius 3 is 2.26 bits per heavy atom. The Morgan fingerprint density at radius 2 is 1.55 bits per heavy atom. The van der Waals surface area contributed by atoms with Crippen LogP contribution in [0, 0.1) is 5.82 Å². The summed E-state index contributed by atoms with van der Waals surface area (Å²) in [6, 6.07) is 25.4. The van der Waals surface area contributed by atoms with Crippen LogP contribution in [0.25, 0.3) is 23.4 Å². The van der Waals surface area contributed by atoms with Crippen LogP contribution in [-0.2, 0) is 11.2 Å². The lowest BCUT2D eigenvalue weighted by atomic mass is 10.1. The van der Waals surface area contributed by atoms with Crippen LogP contribution in [0.2, 0.25) is 0 Å². The lowest BCUT2D eigenvalue weighted by Crippen LogP contribution is -2.16. The van der Waals surface area contributed by atoms with E-state index in [-0.39, 0.29) is 18.1 Å². The first-order valence-electron chi connectivity index (χ1n) is 9.87. The molecule has 1 amide bonds. The van der Waals surface area contributed by atoms with Gasteiger partial charge in [0.1, 0.15) is 11.5 Å². The van der Waals surface area contributed by atoms with Crippen molar-refractivity contribution in [3.63, 3.8) is 0 Å². The molecule has 0 unspecified atom stereocenters. The summed E-state index contributed by atoms with van der Waals surface area (Å²) >= 11 is 0. The lowest BCUT2D eigenvalue weighted by Gasteiger charge is -2.10. The molecule has 0 aliphatic heterocycles. The summed E-state index contributed by atoms with van der Waals surface area (Å²) in [5.41, 5.74) is 3.77. The summed E-state index contributed by atoms with van der Waals surface area (Å²) in [6.45, 7) is 0. The van der Waals surface area contributed by atoms with Crippen molar-refractivity contribution in [2.24, 2.45) is 0 Å². The second-order valence-corrected chi connectivity index (χ2v) is 6.95. The molecule has 0 bridgehead atoms. The third-order valence-electron chi connectivity index (χ3n) is 4.64. The Hall–Kier alpha value is -4.12. The minimum absolute atomic E-state index is 0.176. The van der Waals surface area contributed by atoms with Gasteiger partial charge in [0.2, 0.25) is 5.91 Å². The summed E-state index contributed by atoms with van der Waals surface area (Å²) in [5, 5.41) is 2.86. The number of anilines is 1. The number of benzene rings is 3. The number of nitrogens with zero attached hydrogens (tertiary/aromatic N) is 2. The predicted octanol–water partition coefficient (Wildman–Crippen LogP) is 5.63. The minimum Gasteiger partial charge on any atom is -0.309 e. The maximum atomic E-state index is 13.3. The first-order chi connectivity index (χ1) is 15.2. The number of carbonyl (C=O) groups is 1. The maximum absolute atomic E-state index is 13.3. The molecule has 152 valence electrons. The molecule has 1 N–H and O–H groups in total. The average molecular weight is 409 g/mol. The van der Waals surface area contributed by atoms with Gasteiger partial charge in [0.05, 0.1) is 18.3 Å². The fourth-order valence-corrected chi connectivity index (χ4v) is 3.07. The smallest absolute Gasteiger partial charge is 0.230 e. The van der Waals surface area contributed by atoms with Crippen LogP contribution in [0.4, 0.5) is 10.2 Å². The second kappa shape index (κ2) is 9.59. The Balaban J connectivity index is 1.63. The Bertz CT molecular complexity index is 1190. The molecule has 0 saturated heterocycles. The lowest BCUT2D eigenvalue weighted by molar-refractivity contribution is -0.115. The molecule has 31 heavy (non-hydrogen) atoms. The Labute approximate surface area is 180 Å². The minimum atomic E-state index is -0.314. The van der Waals surface area contributed by atoms with E-state index in [1.807, 2.05) is 72.8 Å². The molecule has 4 aromatic rings. The molecule has 0 spiro atoms. The van der Waals surface area contributed by atoms with Gasteiger partial charge in [-0.3, -0.25) is 4.79 Å². The van der Waals surface area contributed by atoms with Crippen molar-refractivity contribution >= 4 is 23.9 Å². The zero-order chi connectivity index (χ0) is 21.5. The molecular formula is C26H20FN3O. The quantitative estimate of drug-likeness (QED) is 0.449. The molecule has 0 fully saturated rings. The summed E-state index contributed by atoms with van der Waals surface area (Å²) in [5.74, 6) is -0.117. The molecule has 1 heterocycles. The van der Waals surface area contributed by atoms with E-state index in [0.717, 1.165) is 16.7 Å². The number of rotatable bonds is 6. The normalized spacial score (nSPS) is 10.9. The summed E-state index contributed by atoms with van der Waals surface area (Å²) in [4.78, 5) is 21.6. The van der Waals surface area contributed by atoms with E-state index in [2.05, 4.69) is 15.3 Å². The van der Waals surface area contributed by atoms with Gasteiger partial charge in [-0.1, -0.05) is 66.7 Å². The first-order valence-corrected chi connectivity index (χ1v) is 9.87. The number of hydrogen-bond donors (Lipinski definition) is 1. The molecule has 4 nitrogen and oxygen atoms in total. The molecule has 3 aromatic carbocycles. The van der Waals surface area contributed by atoms with E-state index < -0.39 is 0 Å². The zero-order valence-electron chi connectivity index (χ0n) is 16.7. The van der Waals surface area contributed by atoms with Gasteiger partial charge in [0.15, 0.2) is 5.82 Å². The van der Waals surface area contributed by atoms with E-state index in [1.165, 1.54) is 12.1 Å². The molecule has 0 saturated carbocycles. The highest BCUT2D eigenvalue weighted by Crippen LogP contribution is 2.22. The summed E-state index contributed by atoms with van der Waals surface area (Å²) < 4.78 is 13.3. The molecular weight excluding hydrogens is 389 g/mol. The number of hydrogen-bond acceptors (Lipinski definition) is 3. The molecule has 5 heteroatoms. The largest absolute Gasteiger partial charge is 0.309 e. The number of aromatic nitrogens is 2. The van der Waals surface area contributed by atoms with Crippen LogP contribution in [0.3, 0.4) is 0 Å². The van der Waals surface area contributed by atoms with Crippen molar-refractivity contribution in [3.8, 4) is 11.3 Å². The van der Waals surface area contributed by atoms with E-state index in [4.69, 9.17) is 0 Å². The van der Waals surface area contributed by atoms with Gasteiger partial charge in [0, 0.05) is 5.56 Å². The van der Waals surface area contributed by atoms with E-state index in [9.17, 15) is 9.18 Å². The van der Waals surface area contributed by atoms with Gasteiger partial charge in [-0.05, 0) is 41.5 Å². The highest BCUT2D eigenvalue weighted by Gasteiger charge is 2.11. The molecule has 1 aromatic heterocycles. The predicted molar refractivity (Wildman–Crippen MR) is 122 cm³/mol. The van der Waals surface area contributed by atoms with Crippen molar-refractivity contribution in [1.29, 1.82) is 0 Å². The van der Waals surface area contributed by atoms with Crippen molar-refractivity contribution in [1.82, 2.24) is 9.97 Å². The SMILES string of the molecule is O=C(Cc1ccccc1)Nc1ncc(-c2ccc(F)cc2)nc1/C=C/c1ccccc1. The van der Waals surface area contributed by atoms with Crippen LogP contribution in [0.1, 0.15) is 16.8 Å². The van der Waals surface area contributed by atoms with E-state index in [0.29, 0.717) is 17.2 Å². The molecule has 0 aliphatic carbocycles. The average Bonchev–Trinajstić information content (AvgIpc) is 2.80. The fraction of sp³-hybridized carbons (Fsp3) is 0.0385. The fourth-order valence-electron chi connectivity index (χ4n) is 3.07. The van der Waals surface area contributed by atoms with E-state index >= 15 is 0 Å². The first kappa shape index (κ1) is 20.2. The van der Waals surface area contributed by atoms with E-state index in [1.54, 1.807) is 18.3 Å². The van der Waals surface area contributed by atoms with Crippen LogP contribution in [-0.4, -0.2) is 15.9 Å². The third kappa shape index (κ3) is 5.48. The highest BCUT2D eigenvalue weighted by molar-refractivity contribution is 5.93. The van der Waals surface area contributed by atoms with Gasteiger partial charge in [-0.2, -0.15) is 0 Å². The number of amides is 1. The van der Waals surface area contributed by atoms with Crippen LogP contribution in [0.15, 0.2) is 91.1 Å². The van der Waals surface area contributed by atoms with Gasteiger partial charge >= 0.3 is 0 Å². The van der Waals surface area contributed by atoms with Crippen LogP contribution < -0.4 is 5.32 Å². The van der Waals surface area contributed by atoms with Crippen molar-refractivity contribution in [2.75, 3.05) is 5.32 Å². The summed E-state index contributed by atoms with van der Waals surface area (Å²) in [6.07, 6.45) is 5.54. The van der Waals surface area contributed by atoms with Gasteiger partial charge in [-0.15, -0.1) is 0 Å². The molecule has 4 rings (SSSR count). The van der Waals surface area contributed by atoms with Crippen molar-refractivity contribution in [3.05, 3.63) is 114 Å². The molecule has 0 radical (unpaired) electrons. The van der Waals surface area contributed by atoms with Gasteiger partial charge in [-0.25, -0.2) is 14.4 Å².